The molecule has 4 N–H and O–H groups in total. The van der Waals surface area contributed by atoms with Crippen LogP contribution >= 0.6 is 19.2 Å². The normalized spacial score (nSPS) is 14.1. The molecule has 23 heavy (non-hydrogen) atoms. The Morgan fingerprint density at radius 3 is 2.30 bits per heavy atom. The average molecular weight is 364 g/mol. The van der Waals surface area contributed by atoms with Gasteiger partial charge in [0.05, 0.1) is 18.0 Å². The predicted molar refractivity (Wildman–Crippen MR) is 85.4 cm³/mol. The maximum atomic E-state index is 12.1. The molecule has 0 radical (unpaired) electrons. The highest BCUT2D eigenvalue weighted by Gasteiger charge is 2.28. The molecule has 0 aliphatic heterocycles. The summed E-state index contributed by atoms with van der Waals surface area (Å²) >= 11 is 5.77. The number of halogens is 1. The van der Waals surface area contributed by atoms with Crippen LogP contribution in [0.4, 0.5) is 0 Å². The van der Waals surface area contributed by atoms with Gasteiger partial charge in [-0.3, -0.25) is 14.2 Å². The SMILES string of the molecule is CC(CNC(=O)C(Cc1ccc(Cl)cc1)CP(=O)(O)O)C(=O)O. The summed E-state index contributed by atoms with van der Waals surface area (Å²) in [4.78, 5) is 41.2. The van der Waals surface area contributed by atoms with Crippen LogP contribution < -0.4 is 5.32 Å². The van der Waals surface area contributed by atoms with Crippen LogP contribution in [-0.4, -0.2) is 39.5 Å². The van der Waals surface area contributed by atoms with Crippen molar-refractivity contribution in [1.82, 2.24) is 5.32 Å². The fraction of sp³-hybridized carbons (Fsp3) is 0.429. The number of benzene rings is 1. The summed E-state index contributed by atoms with van der Waals surface area (Å²) in [7, 11) is -4.39. The fourth-order valence-electron chi connectivity index (χ4n) is 1.92. The number of hydrogen-bond acceptors (Lipinski definition) is 3. The molecule has 7 nitrogen and oxygen atoms in total. The molecule has 1 aromatic rings. The second-order valence-corrected chi connectivity index (χ2v) is 7.49. The molecule has 0 aromatic heterocycles. The van der Waals surface area contributed by atoms with Gasteiger partial charge in [-0.05, 0) is 24.1 Å². The molecule has 0 saturated carbocycles. The highest BCUT2D eigenvalue weighted by atomic mass is 35.5. The Kier molecular flexibility index (Phi) is 7.22. The number of carbonyl (C=O) groups excluding carboxylic acids is 1. The topological polar surface area (TPSA) is 124 Å². The molecule has 0 saturated heterocycles. The largest absolute Gasteiger partial charge is 0.481 e. The van der Waals surface area contributed by atoms with Gasteiger partial charge in [0, 0.05) is 11.6 Å². The molecular weight excluding hydrogens is 345 g/mol. The van der Waals surface area contributed by atoms with Gasteiger partial charge >= 0.3 is 13.6 Å². The summed E-state index contributed by atoms with van der Waals surface area (Å²) in [6, 6.07) is 6.58. The third-order valence-electron chi connectivity index (χ3n) is 3.23. The molecule has 2 atom stereocenters. The summed E-state index contributed by atoms with van der Waals surface area (Å²) in [5.41, 5.74) is 0.703. The van der Waals surface area contributed by atoms with E-state index in [1.807, 2.05) is 0 Å². The van der Waals surface area contributed by atoms with E-state index in [9.17, 15) is 14.2 Å². The Hall–Kier alpha value is -1.40. The molecule has 0 heterocycles. The van der Waals surface area contributed by atoms with Gasteiger partial charge in [-0.1, -0.05) is 30.7 Å². The van der Waals surface area contributed by atoms with Gasteiger partial charge in [-0.25, -0.2) is 0 Å². The summed E-state index contributed by atoms with van der Waals surface area (Å²) in [6.45, 7) is 1.33. The molecular formula is C14H19ClNO6P. The van der Waals surface area contributed by atoms with Gasteiger partial charge in [0.15, 0.2) is 0 Å². The van der Waals surface area contributed by atoms with Crippen LogP contribution in [0.3, 0.4) is 0 Å². The number of carboxylic acid groups (broad SMARTS) is 1. The van der Waals surface area contributed by atoms with Crippen LogP contribution in [0, 0.1) is 11.8 Å². The van der Waals surface area contributed by atoms with Crippen LogP contribution in [0.15, 0.2) is 24.3 Å². The smallest absolute Gasteiger partial charge is 0.326 e. The van der Waals surface area contributed by atoms with E-state index in [-0.39, 0.29) is 13.0 Å². The van der Waals surface area contributed by atoms with E-state index in [1.54, 1.807) is 24.3 Å². The lowest BCUT2D eigenvalue weighted by molar-refractivity contribution is -0.141. The first-order valence-corrected chi connectivity index (χ1v) is 9.05. The summed E-state index contributed by atoms with van der Waals surface area (Å²) in [5.74, 6) is -3.39. The fourth-order valence-corrected chi connectivity index (χ4v) is 2.91. The van der Waals surface area contributed by atoms with Crippen LogP contribution in [0.5, 0.6) is 0 Å². The monoisotopic (exact) mass is 363 g/mol. The molecule has 128 valence electrons. The Morgan fingerprint density at radius 1 is 1.26 bits per heavy atom. The lowest BCUT2D eigenvalue weighted by atomic mass is 10.00. The van der Waals surface area contributed by atoms with Crippen molar-refractivity contribution >= 4 is 31.1 Å². The van der Waals surface area contributed by atoms with Crippen molar-refractivity contribution in [3.63, 3.8) is 0 Å². The zero-order valence-corrected chi connectivity index (χ0v) is 14.1. The quantitative estimate of drug-likeness (QED) is 0.519. The van der Waals surface area contributed by atoms with Crippen molar-refractivity contribution < 1.29 is 29.0 Å². The maximum Gasteiger partial charge on any atom is 0.326 e. The van der Waals surface area contributed by atoms with Crippen LogP contribution in [0.1, 0.15) is 12.5 Å². The van der Waals surface area contributed by atoms with Gasteiger partial charge in [-0.15, -0.1) is 0 Å². The predicted octanol–water partition coefficient (Wildman–Crippen LogP) is 1.51. The van der Waals surface area contributed by atoms with Crippen molar-refractivity contribution in [2.24, 2.45) is 11.8 Å². The van der Waals surface area contributed by atoms with Gasteiger partial charge in [0.25, 0.3) is 0 Å². The van der Waals surface area contributed by atoms with Crippen LogP contribution in [0.25, 0.3) is 0 Å². The number of rotatable bonds is 8. The van der Waals surface area contributed by atoms with E-state index in [2.05, 4.69) is 5.32 Å². The van der Waals surface area contributed by atoms with Crippen molar-refractivity contribution in [2.45, 2.75) is 13.3 Å². The standard InChI is InChI=1S/C14H19ClNO6P/c1-9(14(18)19)7-16-13(17)11(8-23(20,21)22)6-10-2-4-12(15)5-3-10/h2-5,9,11H,6-8H2,1H3,(H,16,17)(H,18,19)(H2,20,21,22). The van der Waals surface area contributed by atoms with E-state index in [4.69, 9.17) is 26.5 Å². The zero-order chi connectivity index (χ0) is 17.6. The molecule has 0 bridgehead atoms. The highest BCUT2D eigenvalue weighted by Crippen LogP contribution is 2.37. The highest BCUT2D eigenvalue weighted by molar-refractivity contribution is 7.51. The molecule has 0 fully saturated rings. The summed E-state index contributed by atoms with van der Waals surface area (Å²) in [6.07, 6.45) is -0.488. The summed E-state index contributed by atoms with van der Waals surface area (Å²) in [5, 5.41) is 11.7. The molecule has 0 spiro atoms. The maximum absolute atomic E-state index is 12.1. The number of nitrogens with one attached hydrogen (secondary N) is 1. The molecule has 1 amide bonds. The van der Waals surface area contributed by atoms with Crippen molar-refractivity contribution in [2.75, 3.05) is 12.7 Å². The van der Waals surface area contributed by atoms with E-state index in [0.717, 1.165) is 0 Å². The van der Waals surface area contributed by atoms with Gasteiger partial charge in [0.1, 0.15) is 0 Å². The second-order valence-electron chi connectivity index (χ2n) is 5.36. The number of carbonyl (C=O) groups is 2. The molecule has 0 aliphatic rings. The summed E-state index contributed by atoms with van der Waals surface area (Å²) < 4.78 is 11.2. The lowest BCUT2D eigenvalue weighted by Crippen LogP contribution is -2.38. The molecule has 9 heteroatoms. The van der Waals surface area contributed by atoms with E-state index in [1.165, 1.54) is 6.92 Å². The van der Waals surface area contributed by atoms with E-state index in [0.29, 0.717) is 10.6 Å². The Morgan fingerprint density at radius 2 is 1.83 bits per heavy atom. The van der Waals surface area contributed by atoms with Gasteiger partial charge in [0.2, 0.25) is 5.91 Å². The number of amides is 1. The zero-order valence-electron chi connectivity index (χ0n) is 12.5. The van der Waals surface area contributed by atoms with Crippen molar-refractivity contribution in [1.29, 1.82) is 0 Å². The Labute approximate surface area is 138 Å². The Bertz CT molecular complexity index is 600. The van der Waals surface area contributed by atoms with Crippen molar-refractivity contribution in [3.8, 4) is 0 Å². The number of hydrogen-bond donors (Lipinski definition) is 4. The van der Waals surface area contributed by atoms with Gasteiger partial charge in [-0.2, -0.15) is 0 Å². The number of carboxylic acids is 1. The minimum Gasteiger partial charge on any atom is -0.481 e. The number of aliphatic carboxylic acids is 1. The Balaban J connectivity index is 2.78. The van der Waals surface area contributed by atoms with Crippen molar-refractivity contribution in [3.05, 3.63) is 34.9 Å². The third-order valence-corrected chi connectivity index (χ3v) is 4.40. The van der Waals surface area contributed by atoms with E-state index >= 15 is 0 Å². The first kappa shape index (κ1) is 19.6. The average Bonchev–Trinajstić information content (AvgIpc) is 2.44. The van der Waals surface area contributed by atoms with Gasteiger partial charge < -0.3 is 20.2 Å². The van der Waals surface area contributed by atoms with E-state index < -0.39 is 37.5 Å². The minimum atomic E-state index is -4.39. The molecule has 2 unspecified atom stereocenters. The first-order chi connectivity index (χ1) is 10.6. The second kappa shape index (κ2) is 8.45. The van der Waals surface area contributed by atoms with Crippen LogP contribution in [-0.2, 0) is 20.6 Å². The third kappa shape index (κ3) is 7.61. The molecule has 1 rings (SSSR count). The molecule has 1 aromatic carbocycles. The minimum absolute atomic E-state index is 0.105. The lowest BCUT2D eigenvalue weighted by Gasteiger charge is -2.18. The molecule has 0 aliphatic carbocycles. The van der Waals surface area contributed by atoms with Crippen LogP contribution in [0.2, 0.25) is 5.02 Å². The first-order valence-electron chi connectivity index (χ1n) is 6.88.